The summed E-state index contributed by atoms with van der Waals surface area (Å²) < 4.78 is 2.05. The number of likely N-dealkylation sites (tertiary alicyclic amines) is 1. The van der Waals surface area contributed by atoms with Gasteiger partial charge in [-0.1, -0.05) is 0 Å². The molecule has 0 aliphatic carbocycles. The average molecular weight is 195 g/mol. The predicted molar refractivity (Wildman–Crippen MR) is 54.0 cm³/mol. The van der Waals surface area contributed by atoms with Crippen molar-refractivity contribution in [3.63, 3.8) is 0 Å². The zero-order valence-corrected chi connectivity index (χ0v) is 8.34. The molecule has 1 aliphatic rings. The largest absolute Gasteiger partial charge is 0.395 e. The van der Waals surface area contributed by atoms with Crippen LogP contribution in [0.4, 0.5) is 0 Å². The Morgan fingerprint density at radius 1 is 1.36 bits per heavy atom. The zero-order chi connectivity index (χ0) is 9.80. The first-order chi connectivity index (χ1) is 6.90. The SMILES string of the molecule is OCCN1CCC(n2cccn2)CC1. The predicted octanol–water partition coefficient (Wildman–Crippen LogP) is 0.512. The van der Waals surface area contributed by atoms with Gasteiger partial charge in [-0.15, -0.1) is 0 Å². The lowest BCUT2D eigenvalue weighted by molar-refractivity contribution is 0.145. The third-order valence-electron chi connectivity index (χ3n) is 2.87. The van der Waals surface area contributed by atoms with E-state index in [1.165, 1.54) is 0 Å². The van der Waals surface area contributed by atoms with Crippen LogP contribution in [0.2, 0.25) is 0 Å². The number of aliphatic hydroxyl groups excluding tert-OH is 1. The molecular weight excluding hydrogens is 178 g/mol. The van der Waals surface area contributed by atoms with E-state index >= 15 is 0 Å². The summed E-state index contributed by atoms with van der Waals surface area (Å²) in [5.74, 6) is 0. The molecule has 0 unspecified atom stereocenters. The maximum Gasteiger partial charge on any atom is 0.0558 e. The second kappa shape index (κ2) is 4.57. The van der Waals surface area contributed by atoms with Crippen molar-refractivity contribution in [3.05, 3.63) is 18.5 Å². The second-order valence-electron chi connectivity index (χ2n) is 3.78. The summed E-state index contributed by atoms with van der Waals surface area (Å²) in [5.41, 5.74) is 0. The highest BCUT2D eigenvalue weighted by atomic mass is 16.3. The van der Waals surface area contributed by atoms with E-state index in [2.05, 4.69) is 14.7 Å². The molecular formula is C10H17N3O. The standard InChI is InChI=1S/C10H17N3O/c14-9-8-12-6-2-10(3-7-12)13-5-1-4-11-13/h1,4-5,10,14H,2-3,6-9H2. The van der Waals surface area contributed by atoms with Crippen LogP contribution in [-0.2, 0) is 0 Å². The van der Waals surface area contributed by atoms with E-state index in [0.717, 1.165) is 32.5 Å². The third-order valence-corrected chi connectivity index (χ3v) is 2.87. The topological polar surface area (TPSA) is 41.3 Å². The normalized spacial score (nSPS) is 20.1. The van der Waals surface area contributed by atoms with E-state index in [0.29, 0.717) is 6.04 Å². The van der Waals surface area contributed by atoms with E-state index < -0.39 is 0 Å². The van der Waals surface area contributed by atoms with E-state index in [1.807, 2.05) is 18.5 Å². The van der Waals surface area contributed by atoms with Gasteiger partial charge in [-0.25, -0.2) is 0 Å². The highest BCUT2D eigenvalue weighted by molar-refractivity contribution is 4.84. The first-order valence-electron chi connectivity index (χ1n) is 5.22. The summed E-state index contributed by atoms with van der Waals surface area (Å²) in [5, 5.41) is 13.1. The van der Waals surface area contributed by atoms with Crippen molar-refractivity contribution < 1.29 is 5.11 Å². The quantitative estimate of drug-likeness (QED) is 0.764. The molecule has 1 saturated heterocycles. The van der Waals surface area contributed by atoms with Crippen LogP contribution in [0.3, 0.4) is 0 Å². The van der Waals surface area contributed by atoms with Gasteiger partial charge >= 0.3 is 0 Å². The molecule has 0 amide bonds. The maximum absolute atomic E-state index is 8.81. The van der Waals surface area contributed by atoms with Gasteiger partial charge in [0.1, 0.15) is 0 Å². The lowest BCUT2D eigenvalue weighted by Gasteiger charge is -2.31. The van der Waals surface area contributed by atoms with Crippen LogP contribution in [0, 0.1) is 0 Å². The lowest BCUT2D eigenvalue weighted by atomic mass is 10.1. The number of aromatic nitrogens is 2. The Kier molecular flexibility index (Phi) is 3.16. The van der Waals surface area contributed by atoms with Crippen molar-refractivity contribution in [2.75, 3.05) is 26.2 Å². The molecule has 0 aromatic carbocycles. The average Bonchev–Trinajstić information content (AvgIpc) is 2.72. The monoisotopic (exact) mass is 195 g/mol. The molecule has 1 N–H and O–H groups in total. The fourth-order valence-electron chi connectivity index (χ4n) is 2.05. The van der Waals surface area contributed by atoms with Crippen LogP contribution in [0.25, 0.3) is 0 Å². The number of hydrogen-bond acceptors (Lipinski definition) is 3. The van der Waals surface area contributed by atoms with Crippen LogP contribution in [0.15, 0.2) is 18.5 Å². The van der Waals surface area contributed by atoms with Gasteiger partial charge in [0.05, 0.1) is 12.6 Å². The maximum atomic E-state index is 8.81. The van der Waals surface area contributed by atoms with Crippen molar-refractivity contribution in [1.82, 2.24) is 14.7 Å². The summed E-state index contributed by atoms with van der Waals surface area (Å²) in [7, 11) is 0. The molecule has 4 heteroatoms. The number of aliphatic hydroxyl groups is 1. The van der Waals surface area contributed by atoms with E-state index in [4.69, 9.17) is 5.11 Å². The Hall–Kier alpha value is -0.870. The molecule has 0 spiro atoms. The van der Waals surface area contributed by atoms with Gasteiger partial charge < -0.3 is 10.0 Å². The summed E-state index contributed by atoms with van der Waals surface area (Å²) in [4.78, 5) is 2.31. The minimum Gasteiger partial charge on any atom is -0.395 e. The van der Waals surface area contributed by atoms with Crippen molar-refractivity contribution >= 4 is 0 Å². The molecule has 1 aromatic rings. The van der Waals surface area contributed by atoms with E-state index in [-0.39, 0.29) is 6.61 Å². The molecule has 2 heterocycles. The van der Waals surface area contributed by atoms with Crippen molar-refractivity contribution in [1.29, 1.82) is 0 Å². The minimum atomic E-state index is 0.270. The number of hydrogen-bond donors (Lipinski definition) is 1. The van der Waals surface area contributed by atoms with Crippen LogP contribution < -0.4 is 0 Å². The second-order valence-corrected chi connectivity index (χ2v) is 3.78. The molecule has 2 rings (SSSR count). The summed E-state index contributed by atoms with van der Waals surface area (Å²) in [6.07, 6.45) is 6.15. The molecule has 4 nitrogen and oxygen atoms in total. The molecule has 0 radical (unpaired) electrons. The van der Waals surface area contributed by atoms with Gasteiger partial charge in [0.2, 0.25) is 0 Å². The van der Waals surface area contributed by atoms with Crippen LogP contribution in [0.1, 0.15) is 18.9 Å². The van der Waals surface area contributed by atoms with Crippen molar-refractivity contribution in [3.8, 4) is 0 Å². The number of piperidine rings is 1. The summed E-state index contributed by atoms with van der Waals surface area (Å²) in [6.45, 7) is 3.23. The zero-order valence-electron chi connectivity index (χ0n) is 8.34. The number of β-amino-alcohol motifs (C(OH)–C–C–N with tert-alkyl or cyclic N) is 1. The fourth-order valence-corrected chi connectivity index (χ4v) is 2.05. The Balaban J connectivity index is 1.84. The Bertz CT molecular complexity index is 252. The number of rotatable bonds is 3. The molecule has 0 saturated carbocycles. The molecule has 1 fully saturated rings. The van der Waals surface area contributed by atoms with Crippen LogP contribution in [-0.4, -0.2) is 46.0 Å². The van der Waals surface area contributed by atoms with E-state index in [9.17, 15) is 0 Å². The van der Waals surface area contributed by atoms with Gasteiger partial charge in [0, 0.05) is 32.0 Å². The van der Waals surface area contributed by atoms with Crippen LogP contribution in [0.5, 0.6) is 0 Å². The van der Waals surface area contributed by atoms with Gasteiger partial charge in [-0.2, -0.15) is 5.10 Å². The van der Waals surface area contributed by atoms with Crippen LogP contribution >= 0.6 is 0 Å². The van der Waals surface area contributed by atoms with Gasteiger partial charge in [0.25, 0.3) is 0 Å². The van der Waals surface area contributed by atoms with Gasteiger partial charge in [0.15, 0.2) is 0 Å². The lowest BCUT2D eigenvalue weighted by Crippen LogP contribution is -2.36. The first kappa shape index (κ1) is 9.68. The molecule has 78 valence electrons. The summed E-state index contributed by atoms with van der Waals surface area (Å²) in [6, 6.07) is 2.53. The number of nitrogens with zero attached hydrogens (tertiary/aromatic N) is 3. The fraction of sp³-hybridized carbons (Fsp3) is 0.700. The van der Waals surface area contributed by atoms with Crippen molar-refractivity contribution in [2.45, 2.75) is 18.9 Å². The highest BCUT2D eigenvalue weighted by Crippen LogP contribution is 2.20. The smallest absolute Gasteiger partial charge is 0.0558 e. The van der Waals surface area contributed by atoms with Crippen molar-refractivity contribution in [2.24, 2.45) is 0 Å². The minimum absolute atomic E-state index is 0.270. The molecule has 1 aromatic heterocycles. The summed E-state index contributed by atoms with van der Waals surface area (Å²) >= 11 is 0. The van der Waals surface area contributed by atoms with Gasteiger partial charge in [-0.05, 0) is 18.9 Å². The molecule has 1 aliphatic heterocycles. The third kappa shape index (κ3) is 2.13. The van der Waals surface area contributed by atoms with Gasteiger partial charge in [-0.3, -0.25) is 4.68 Å². The Morgan fingerprint density at radius 3 is 2.71 bits per heavy atom. The Labute approximate surface area is 84.1 Å². The Morgan fingerprint density at radius 2 is 2.14 bits per heavy atom. The molecule has 14 heavy (non-hydrogen) atoms. The molecule has 0 bridgehead atoms. The molecule has 0 atom stereocenters. The first-order valence-corrected chi connectivity index (χ1v) is 5.22. The van der Waals surface area contributed by atoms with E-state index in [1.54, 1.807) is 0 Å². The highest BCUT2D eigenvalue weighted by Gasteiger charge is 2.19.